The third kappa shape index (κ3) is 3.38. The van der Waals surface area contributed by atoms with Gasteiger partial charge in [0.05, 0.1) is 17.1 Å². The van der Waals surface area contributed by atoms with Crippen molar-refractivity contribution in [1.29, 1.82) is 0 Å². The van der Waals surface area contributed by atoms with Crippen LogP contribution < -0.4 is 14.8 Å². The van der Waals surface area contributed by atoms with Crippen LogP contribution in [0.25, 0.3) is 11.1 Å². The molecule has 0 fully saturated rings. The van der Waals surface area contributed by atoms with Crippen molar-refractivity contribution in [3.63, 3.8) is 0 Å². The molecule has 7 heteroatoms. The highest BCUT2D eigenvalue weighted by molar-refractivity contribution is 7.08. The summed E-state index contributed by atoms with van der Waals surface area (Å²) >= 11 is 8.03. The number of pyridine rings is 1. The Morgan fingerprint density at radius 2 is 2.12 bits per heavy atom. The van der Waals surface area contributed by atoms with Crippen molar-refractivity contribution in [1.82, 2.24) is 5.32 Å². The number of thiophene rings is 1. The third-order valence-electron chi connectivity index (χ3n) is 4.26. The van der Waals surface area contributed by atoms with Gasteiger partial charge >= 0.3 is 0 Å². The van der Waals surface area contributed by atoms with E-state index >= 15 is 0 Å². The minimum absolute atomic E-state index is 0.169. The molecule has 0 bridgehead atoms. The van der Waals surface area contributed by atoms with Crippen LogP contribution in [-0.4, -0.2) is 18.6 Å². The zero-order chi connectivity index (χ0) is 18.1. The summed E-state index contributed by atoms with van der Waals surface area (Å²) in [7, 11) is 0. The van der Waals surface area contributed by atoms with E-state index in [0.717, 1.165) is 16.7 Å². The van der Waals surface area contributed by atoms with Gasteiger partial charge in [0.25, 0.3) is 5.91 Å². The molecule has 1 aliphatic heterocycles. The van der Waals surface area contributed by atoms with Gasteiger partial charge in [-0.1, -0.05) is 11.6 Å². The Bertz CT molecular complexity index is 942. The first-order valence-electron chi connectivity index (χ1n) is 8.09. The first kappa shape index (κ1) is 16.9. The van der Waals surface area contributed by atoms with Crippen molar-refractivity contribution < 1.29 is 14.3 Å². The fraction of sp³-hybridized carbons (Fsp3) is 0.158. The maximum absolute atomic E-state index is 12.2. The number of fused-ring (bicyclic) bond motifs is 1. The van der Waals surface area contributed by atoms with Gasteiger partial charge in [0.2, 0.25) is 0 Å². The summed E-state index contributed by atoms with van der Waals surface area (Å²) < 4.78 is 6.56. The summed E-state index contributed by atoms with van der Waals surface area (Å²) in [6.45, 7) is 0.365. The van der Waals surface area contributed by atoms with Crippen LogP contribution in [-0.2, 0) is 6.42 Å². The van der Waals surface area contributed by atoms with Crippen molar-refractivity contribution in [2.75, 3.05) is 6.54 Å². The second-order valence-corrected chi connectivity index (χ2v) is 7.25. The van der Waals surface area contributed by atoms with Gasteiger partial charge in [-0.15, -0.1) is 0 Å². The lowest BCUT2D eigenvalue weighted by molar-refractivity contribution is -0.605. The molecule has 0 aliphatic carbocycles. The number of carbonyl (C=O) groups is 1. The van der Waals surface area contributed by atoms with Crippen molar-refractivity contribution >= 4 is 28.8 Å². The Morgan fingerprint density at radius 1 is 1.31 bits per heavy atom. The lowest BCUT2D eigenvalue weighted by atomic mass is 10.0. The van der Waals surface area contributed by atoms with Crippen molar-refractivity contribution in [3.8, 4) is 16.9 Å². The molecule has 0 saturated carbocycles. The predicted octanol–water partition coefficient (Wildman–Crippen LogP) is 3.44. The Balaban J connectivity index is 1.43. The minimum atomic E-state index is -0.241. The Kier molecular flexibility index (Phi) is 4.53. The molecule has 5 nitrogen and oxygen atoms in total. The first-order valence-corrected chi connectivity index (χ1v) is 9.41. The highest BCUT2D eigenvalue weighted by atomic mass is 35.5. The van der Waals surface area contributed by atoms with Gasteiger partial charge in [-0.2, -0.15) is 16.1 Å². The first-order chi connectivity index (χ1) is 12.6. The van der Waals surface area contributed by atoms with E-state index in [-0.39, 0.29) is 12.0 Å². The van der Waals surface area contributed by atoms with Crippen molar-refractivity contribution in [3.05, 3.63) is 74.8 Å². The quantitative estimate of drug-likeness (QED) is 0.551. The number of rotatable bonds is 4. The predicted molar refractivity (Wildman–Crippen MR) is 101 cm³/mol. The molecule has 0 spiro atoms. The number of benzene rings is 1. The van der Waals surface area contributed by atoms with Crippen LogP contribution in [0.2, 0.25) is 5.02 Å². The second kappa shape index (κ2) is 6.97. The zero-order valence-corrected chi connectivity index (χ0v) is 15.2. The van der Waals surface area contributed by atoms with Crippen molar-refractivity contribution in [2.45, 2.75) is 12.5 Å². The van der Waals surface area contributed by atoms with Gasteiger partial charge in [-0.25, -0.2) is 0 Å². The number of ether oxygens (including phenoxy) is 1. The lowest BCUT2D eigenvalue weighted by Gasteiger charge is -2.12. The molecule has 1 atom stereocenters. The zero-order valence-electron chi connectivity index (χ0n) is 13.6. The normalized spacial score (nSPS) is 15.3. The van der Waals surface area contributed by atoms with Gasteiger partial charge in [-0.3, -0.25) is 4.79 Å². The number of hydrogen-bond donors (Lipinski definition) is 1. The Hall–Kier alpha value is -2.57. The fourth-order valence-corrected chi connectivity index (χ4v) is 3.92. The van der Waals surface area contributed by atoms with E-state index in [2.05, 4.69) is 22.8 Å². The number of nitrogens with one attached hydrogen (secondary N) is 1. The molecule has 0 unspecified atom stereocenters. The third-order valence-corrected chi connectivity index (χ3v) is 5.23. The Labute approximate surface area is 159 Å². The highest BCUT2D eigenvalue weighted by Crippen LogP contribution is 2.39. The minimum Gasteiger partial charge on any atom is -0.619 e. The number of aromatic nitrogens is 1. The summed E-state index contributed by atoms with van der Waals surface area (Å²) in [5.74, 6) is 0.451. The van der Waals surface area contributed by atoms with Gasteiger partial charge in [0.15, 0.2) is 12.4 Å². The van der Waals surface area contributed by atoms with E-state index < -0.39 is 0 Å². The smallest absolute Gasteiger partial charge is 0.251 e. The van der Waals surface area contributed by atoms with E-state index in [1.807, 2.05) is 11.4 Å². The van der Waals surface area contributed by atoms with Crippen LogP contribution in [0.5, 0.6) is 5.75 Å². The monoisotopic (exact) mass is 386 g/mol. The van der Waals surface area contributed by atoms with Crippen LogP contribution >= 0.6 is 22.9 Å². The summed E-state index contributed by atoms with van der Waals surface area (Å²) in [5.41, 5.74) is 3.69. The average Bonchev–Trinajstić information content (AvgIpc) is 3.30. The molecule has 1 amide bonds. The number of carbonyl (C=O) groups excluding carboxylic acids is 1. The van der Waals surface area contributed by atoms with E-state index in [9.17, 15) is 10.0 Å². The van der Waals surface area contributed by atoms with E-state index in [0.29, 0.717) is 34.0 Å². The van der Waals surface area contributed by atoms with E-state index in [4.69, 9.17) is 16.3 Å². The fourth-order valence-electron chi connectivity index (χ4n) is 2.97. The molecule has 2 aromatic heterocycles. The molecule has 1 N–H and O–H groups in total. The standard InChI is InChI=1S/C19H15ClN2O3S/c20-17-9-14(13-3-6-26-11-13)7-15-8-16(25-18(15)17)10-21-19(23)12-1-4-22(24)5-2-12/h1-7,9,11,16H,8,10H2,(H,21,23)/t16-/m0/s1. The number of halogens is 1. The molecule has 3 heterocycles. The highest BCUT2D eigenvalue weighted by Gasteiger charge is 2.26. The number of amides is 1. The molecule has 1 aromatic carbocycles. The van der Waals surface area contributed by atoms with Gasteiger partial charge < -0.3 is 15.3 Å². The van der Waals surface area contributed by atoms with E-state index in [1.165, 1.54) is 24.5 Å². The molecule has 4 rings (SSSR count). The lowest BCUT2D eigenvalue weighted by Crippen LogP contribution is -2.35. The van der Waals surface area contributed by atoms with Gasteiger partial charge in [-0.05, 0) is 40.1 Å². The molecule has 3 aromatic rings. The number of hydrogen-bond acceptors (Lipinski definition) is 4. The van der Waals surface area contributed by atoms with Gasteiger partial charge in [0, 0.05) is 24.1 Å². The largest absolute Gasteiger partial charge is 0.619 e. The second-order valence-electron chi connectivity index (χ2n) is 6.06. The Morgan fingerprint density at radius 3 is 2.85 bits per heavy atom. The summed E-state index contributed by atoms with van der Waals surface area (Å²) in [5, 5.41) is 18.6. The average molecular weight is 387 g/mol. The topological polar surface area (TPSA) is 65.3 Å². The van der Waals surface area contributed by atoms with Crippen LogP contribution in [0.1, 0.15) is 15.9 Å². The van der Waals surface area contributed by atoms with E-state index in [1.54, 1.807) is 11.3 Å². The maximum atomic E-state index is 12.2. The molecule has 0 saturated heterocycles. The SMILES string of the molecule is O=C(NC[C@@H]1Cc2cc(-c3ccsc3)cc(Cl)c2O1)c1cc[n+]([O-])cc1. The number of nitrogens with zero attached hydrogens (tertiary/aromatic N) is 1. The summed E-state index contributed by atoms with van der Waals surface area (Å²) in [6.07, 6.45) is 3.10. The van der Waals surface area contributed by atoms with Crippen molar-refractivity contribution in [2.24, 2.45) is 0 Å². The molecule has 1 aliphatic rings. The van der Waals surface area contributed by atoms with Crippen LogP contribution in [0.4, 0.5) is 0 Å². The van der Waals surface area contributed by atoms with Crippen LogP contribution in [0, 0.1) is 5.21 Å². The molecule has 26 heavy (non-hydrogen) atoms. The summed E-state index contributed by atoms with van der Waals surface area (Å²) in [6, 6.07) is 9.02. The molecular weight excluding hydrogens is 372 g/mol. The van der Waals surface area contributed by atoms with Crippen LogP contribution in [0.3, 0.4) is 0 Å². The summed E-state index contributed by atoms with van der Waals surface area (Å²) in [4.78, 5) is 12.2. The molecule has 132 valence electrons. The van der Waals surface area contributed by atoms with Gasteiger partial charge in [0.1, 0.15) is 11.9 Å². The van der Waals surface area contributed by atoms with Crippen LogP contribution in [0.15, 0.2) is 53.5 Å². The maximum Gasteiger partial charge on any atom is 0.251 e. The molecule has 0 radical (unpaired) electrons. The molecular formula is C19H15ClN2O3S.